The van der Waals surface area contributed by atoms with Crippen LogP contribution in [0.1, 0.15) is 18.9 Å². The molecule has 1 heterocycles. The molecule has 0 spiro atoms. The van der Waals surface area contributed by atoms with E-state index in [1.807, 2.05) is 37.3 Å². The summed E-state index contributed by atoms with van der Waals surface area (Å²) in [5, 5.41) is 0. The first-order valence-electron chi connectivity index (χ1n) is 7.58. The summed E-state index contributed by atoms with van der Waals surface area (Å²) in [6.07, 6.45) is 0.155. The van der Waals surface area contributed by atoms with E-state index in [0.717, 1.165) is 12.0 Å². The molecule has 0 radical (unpaired) electrons. The fraction of sp³-hybridized carbons (Fsp3) is 0.500. The lowest BCUT2D eigenvalue weighted by atomic mass is 10.2. The predicted octanol–water partition coefficient (Wildman–Crippen LogP) is 2.49. The van der Waals surface area contributed by atoms with E-state index in [1.165, 1.54) is 0 Å². The van der Waals surface area contributed by atoms with Crippen LogP contribution in [0.5, 0.6) is 0 Å². The summed E-state index contributed by atoms with van der Waals surface area (Å²) in [5.74, 6) is 0. The maximum absolute atomic E-state index is 12.0. The maximum Gasteiger partial charge on any atom is 0.410 e. The van der Waals surface area contributed by atoms with Crippen LogP contribution < -0.4 is 0 Å². The first-order chi connectivity index (χ1) is 10.7. The third kappa shape index (κ3) is 4.65. The average Bonchev–Trinajstić information content (AvgIpc) is 2.58. The second kappa shape index (κ2) is 8.26. The molecule has 2 amide bonds. The Morgan fingerprint density at radius 3 is 2.05 bits per heavy atom. The zero-order valence-corrected chi connectivity index (χ0v) is 12.9. The molecular weight excluding hydrogens is 284 g/mol. The second-order valence-electron chi connectivity index (χ2n) is 5.13. The van der Waals surface area contributed by atoms with Gasteiger partial charge >= 0.3 is 12.2 Å². The number of ether oxygens (including phenoxy) is 2. The van der Waals surface area contributed by atoms with Crippen molar-refractivity contribution in [2.75, 3.05) is 32.8 Å². The molecule has 2 rings (SSSR count). The molecule has 120 valence electrons. The van der Waals surface area contributed by atoms with E-state index >= 15 is 0 Å². The third-order valence-corrected chi connectivity index (χ3v) is 3.43. The number of piperazine rings is 1. The summed E-state index contributed by atoms with van der Waals surface area (Å²) >= 11 is 0. The molecule has 1 aliphatic heterocycles. The first kappa shape index (κ1) is 16.1. The maximum atomic E-state index is 12.0. The number of rotatable bonds is 4. The van der Waals surface area contributed by atoms with Crippen molar-refractivity contribution in [3.05, 3.63) is 35.9 Å². The van der Waals surface area contributed by atoms with Crippen LogP contribution in [-0.2, 0) is 16.1 Å². The highest BCUT2D eigenvalue weighted by atomic mass is 16.6. The van der Waals surface area contributed by atoms with E-state index in [9.17, 15) is 9.59 Å². The van der Waals surface area contributed by atoms with Crippen molar-refractivity contribution in [3.8, 4) is 0 Å². The van der Waals surface area contributed by atoms with E-state index in [1.54, 1.807) is 9.80 Å². The smallest absolute Gasteiger partial charge is 0.410 e. The van der Waals surface area contributed by atoms with Gasteiger partial charge in [-0.1, -0.05) is 37.3 Å². The highest BCUT2D eigenvalue weighted by Gasteiger charge is 2.25. The fourth-order valence-electron chi connectivity index (χ4n) is 2.16. The third-order valence-electron chi connectivity index (χ3n) is 3.43. The lowest BCUT2D eigenvalue weighted by molar-refractivity contribution is 0.0581. The van der Waals surface area contributed by atoms with Gasteiger partial charge in [0.1, 0.15) is 6.61 Å². The minimum Gasteiger partial charge on any atom is -0.449 e. The minimum absolute atomic E-state index is 0.262. The molecule has 1 saturated heterocycles. The highest BCUT2D eigenvalue weighted by molar-refractivity contribution is 5.70. The molecule has 6 heteroatoms. The molecule has 0 atom stereocenters. The SMILES string of the molecule is CCCOC(=O)N1CCN(C(=O)OCc2ccccc2)CC1. The summed E-state index contributed by atoms with van der Waals surface area (Å²) < 4.78 is 10.4. The van der Waals surface area contributed by atoms with Crippen LogP contribution in [0.25, 0.3) is 0 Å². The standard InChI is InChI=1S/C16H22N2O4/c1-2-12-21-15(19)17-8-10-18(11-9-17)16(20)22-13-14-6-4-3-5-7-14/h3-7H,2,8-13H2,1H3. The number of hydrogen-bond acceptors (Lipinski definition) is 4. The van der Waals surface area contributed by atoms with Crippen LogP contribution in [0, 0.1) is 0 Å². The molecule has 0 bridgehead atoms. The van der Waals surface area contributed by atoms with Gasteiger partial charge in [-0.15, -0.1) is 0 Å². The highest BCUT2D eigenvalue weighted by Crippen LogP contribution is 2.08. The molecule has 6 nitrogen and oxygen atoms in total. The summed E-state index contributed by atoms with van der Waals surface area (Å²) in [5.41, 5.74) is 0.956. The molecule has 1 aliphatic rings. The van der Waals surface area contributed by atoms with Gasteiger partial charge in [-0.05, 0) is 12.0 Å². The van der Waals surface area contributed by atoms with E-state index < -0.39 is 0 Å². The Morgan fingerprint density at radius 2 is 1.50 bits per heavy atom. The van der Waals surface area contributed by atoms with Crippen molar-refractivity contribution in [2.24, 2.45) is 0 Å². The topological polar surface area (TPSA) is 59.1 Å². The average molecular weight is 306 g/mol. The van der Waals surface area contributed by atoms with Crippen molar-refractivity contribution in [1.82, 2.24) is 9.80 Å². The number of amides is 2. The minimum atomic E-state index is -0.342. The van der Waals surface area contributed by atoms with Gasteiger partial charge in [-0.25, -0.2) is 9.59 Å². The quantitative estimate of drug-likeness (QED) is 0.857. The van der Waals surface area contributed by atoms with Crippen LogP contribution in [0.3, 0.4) is 0 Å². The molecule has 1 aromatic rings. The Balaban J connectivity index is 1.72. The zero-order chi connectivity index (χ0) is 15.8. The van der Waals surface area contributed by atoms with Crippen LogP contribution in [0.2, 0.25) is 0 Å². The van der Waals surface area contributed by atoms with Gasteiger partial charge in [-0.2, -0.15) is 0 Å². The number of benzene rings is 1. The number of hydrogen-bond donors (Lipinski definition) is 0. The molecule has 0 unspecified atom stereocenters. The van der Waals surface area contributed by atoms with E-state index in [4.69, 9.17) is 9.47 Å². The van der Waals surface area contributed by atoms with E-state index in [2.05, 4.69) is 0 Å². The van der Waals surface area contributed by atoms with Crippen LogP contribution in [0.15, 0.2) is 30.3 Å². The van der Waals surface area contributed by atoms with Gasteiger partial charge in [-0.3, -0.25) is 0 Å². The van der Waals surface area contributed by atoms with Crippen molar-refractivity contribution >= 4 is 12.2 Å². The van der Waals surface area contributed by atoms with E-state index in [-0.39, 0.29) is 18.8 Å². The number of carbonyl (C=O) groups is 2. The Morgan fingerprint density at radius 1 is 0.955 bits per heavy atom. The Kier molecular flexibility index (Phi) is 6.06. The van der Waals surface area contributed by atoms with Gasteiger partial charge in [0, 0.05) is 26.2 Å². The van der Waals surface area contributed by atoms with Crippen molar-refractivity contribution in [3.63, 3.8) is 0 Å². The van der Waals surface area contributed by atoms with Gasteiger partial charge in [0.05, 0.1) is 6.61 Å². The summed E-state index contributed by atoms with van der Waals surface area (Å²) in [7, 11) is 0. The largest absolute Gasteiger partial charge is 0.449 e. The number of nitrogens with zero attached hydrogens (tertiary/aromatic N) is 2. The molecule has 0 N–H and O–H groups in total. The summed E-state index contributed by atoms with van der Waals surface area (Å²) in [4.78, 5) is 26.9. The molecule has 0 saturated carbocycles. The van der Waals surface area contributed by atoms with Crippen LogP contribution in [-0.4, -0.2) is 54.8 Å². The normalized spacial score (nSPS) is 14.6. The van der Waals surface area contributed by atoms with E-state index in [0.29, 0.717) is 32.8 Å². The summed E-state index contributed by atoms with van der Waals surface area (Å²) in [6.45, 7) is 4.53. The first-order valence-corrected chi connectivity index (χ1v) is 7.58. The second-order valence-corrected chi connectivity index (χ2v) is 5.13. The number of carbonyl (C=O) groups excluding carboxylic acids is 2. The van der Waals surface area contributed by atoms with Gasteiger partial charge in [0.2, 0.25) is 0 Å². The van der Waals surface area contributed by atoms with Crippen molar-refractivity contribution in [1.29, 1.82) is 0 Å². The Hall–Kier alpha value is -2.24. The molecular formula is C16H22N2O4. The van der Waals surface area contributed by atoms with Gasteiger partial charge in [0.25, 0.3) is 0 Å². The monoisotopic (exact) mass is 306 g/mol. The van der Waals surface area contributed by atoms with Crippen molar-refractivity contribution in [2.45, 2.75) is 20.0 Å². The summed E-state index contributed by atoms with van der Waals surface area (Å²) in [6, 6.07) is 9.56. The molecule has 22 heavy (non-hydrogen) atoms. The van der Waals surface area contributed by atoms with Gasteiger partial charge < -0.3 is 19.3 Å². The molecule has 1 fully saturated rings. The van der Waals surface area contributed by atoms with Crippen molar-refractivity contribution < 1.29 is 19.1 Å². The van der Waals surface area contributed by atoms with Gasteiger partial charge in [0.15, 0.2) is 0 Å². The molecule has 1 aromatic carbocycles. The van der Waals surface area contributed by atoms with Crippen LogP contribution >= 0.6 is 0 Å². The molecule has 0 aliphatic carbocycles. The zero-order valence-electron chi connectivity index (χ0n) is 12.9. The molecule has 0 aromatic heterocycles. The Bertz CT molecular complexity index is 484. The Labute approximate surface area is 130 Å². The predicted molar refractivity (Wildman–Crippen MR) is 81.4 cm³/mol. The fourth-order valence-corrected chi connectivity index (χ4v) is 2.16. The lowest BCUT2D eigenvalue weighted by Gasteiger charge is -2.33. The lowest BCUT2D eigenvalue weighted by Crippen LogP contribution is -2.50. The van der Waals surface area contributed by atoms with Crippen LogP contribution in [0.4, 0.5) is 9.59 Å².